The highest BCUT2D eigenvalue weighted by atomic mass is 35.5. The number of hydrogen-bond acceptors (Lipinski definition) is 3. The minimum absolute atomic E-state index is 0.00121. The first-order valence-electron chi connectivity index (χ1n) is 9.53. The van der Waals surface area contributed by atoms with Crippen LogP contribution in [-0.2, 0) is 27.5 Å². The van der Waals surface area contributed by atoms with Gasteiger partial charge in [0.2, 0.25) is 15.9 Å². The topological polar surface area (TPSA) is 66.5 Å². The van der Waals surface area contributed by atoms with E-state index >= 15 is 0 Å². The molecule has 0 radical (unpaired) electrons. The molecule has 5 nitrogen and oxygen atoms in total. The van der Waals surface area contributed by atoms with E-state index in [1.165, 1.54) is 42.5 Å². The Morgan fingerprint density at radius 2 is 1.62 bits per heavy atom. The van der Waals surface area contributed by atoms with Gasteiger partial charge in [0.05, 0.1) is 22.0 Å². The van der Waals surface area contributed by atoms with Crippen molar-refractivity contribution in [1.82, 2.24) is 4.31 Å². The molecule has 3 aromatic carbocycles. The first-order chi connectivity index (χ1) is 15.9. The smallest absolute Gasteiger partial charge is 0.325 e. The lowest BCUT2D eigenvalue weighted by Crippen LogP contribution is -2.37. The van der Waals surface area contributed by atoms with Crippen molar-refractivity contribution in [3.8, 4) is 0 Å². The van der Waals surface area contributed by atoms with Crippen LogP contribution in [0.5, 0.6) is 0 Å². The zero-order chi connectivity index (χ0) is 25.1. The maximum Gasteiger partial charge on any atom is 0.417 e. The van der Waals surface area contributed by atoms with E-state index in [0.29, 0.717) is 10.4 Å². The Morgan fingerprint density at radius 3 is 2.24 bits per heavy atom. The fraction of sp³-hybridized carbons (Fsp3) is 0.136. The van der Waals surface area contributed by atoms with Gasteiger partial charge < -0.3 is 5.32 Å². The van der Waals surface area contributed by atoms with Gasteiger partial charge >= 0.3 is 6.18 Å². The van der Waals surface area contributed by atoms with Crippen LogP contribution in [-0.4, -0.2) is 25.2 Å². The van der Waals surface area contributed by atoms with Crippen molar-refractivity contribution >= 4 is 44.8 Å². The maximum absolute atomic E-state index is 14.2. The summed E-state index contributed by atoms with van der Waals surface area (Å²) in [5.41, 5.74) is -1.40. The molecule has 1 N–H and O–H groups in total. The number of halogens is 6. The molecule has 0 atom stereocenters. The van der Waals surface area contributed by atoms with Crippen molar-refractivity contribution in [3.05, 3.63) is 93.7 Å². The second-order valence-electron chi connectivity index (χ2n) is 7.06. The summed E-state index contributed by atoms with van der Waals surface area (Å²) in [5, 5.41) is 1.95. The fourth-order valence-corrected chi connectivity index (χ4v) is 4.70. The highest BCUT2D eigenvalue weighted by molar-refractivity contribution is 7.89. The van der Waals surface area contributed by atoms with Crippen molar-refractivity contribution < 1.29 is 30.8 Å². The molecule has 34 heavy (non-hydrogen) atoms. The summed E-state index contributed by atoms with van der Waals surface area (Å²) in [6, 6.07) is 13.3. The molecule has 0 bridgehead atoms. The van der Waals surface area contributed by atoms with Crippen molar-refractivity contribution in [2.75, 3.05) is 11.9 Å². The van der Waals surface area contributed by atoms with E-state index in [9.17, 15) is 30.8 Å². The zero-order valence-electron chi connectivity index (χ0n) is 17.1. The van der Waals surface area contributed by atoms with Crippen LogP contribution < -0.4 is 5.32 Å². The number of amides is 1. The lowest BCUT2D eigenvalue weighted by atomic mass is 10.2. The molecule has 12 heteroatoms. The molecule has 1 amide bonds. The highest BCUT2D eigenvalue weighted by Gasteiger charge is 2.34. The van der Waals surface area contributed by atoms with Crippen molar-refractivity contribution in [2.45, 2.75) is 17.6 Å². The Balaban J connectivity index is 1.90. The Morgan fingerprint density at radius 1 is 0.971 bits per heavy atom. The number of carbonyl (C=O) groups is 1. The Bertz CT molecular complexity index is 1300. The number of nitrogens with zero attached hydrogens (tertiary/aromatic N) is 1. The molecular weight excluding hydrogens is 519 g/mol. The normalized spacial score (nSPS) is 12.1. The third kappa shape index (κ3) is 6.26. The summed E-state index contributed by atoms with van der Waals surface area (Å²) >= 11 is 11.4. The number of benzene rings is 3. The molecule has 0 aromatic heterocycles. The van der Waals surface area contributed by atoms with Crippen molar-refractivity contribution in [1.29, 1.82) is 0 Å². The number of nitrogens with one attached hydrogen (secondary N) is 1. The van der Waals surface area contributed by atoms with E-state index in [0.717, 1.165) is 18.2 Å². The predicted molar refractivity (Wildman–Crippen MR) is 121 cm³/mol. The molecule has 180 valence electrons. The van der Waals surface area contributed by atoms with Gasteiger partial charge in [0.15, 0.2) is 0 Å². The Kier molecular flexibility index (Phi) is 7.87. The average Bonchev–Trinajstić information content (AvgIpc) is 2.75. The molecule has 3 rings (SSSR count). The molecule has 0 heterocycles. The van der Waals surface area contributed by atoms with E-state index < -0.39 is 51.6 Å². The molecule has 0 aliphatic heterocycles. The zero-order valence-corrected chi connectivity index (χ0v) is 19.4. The van der Waals surface area contributed by atoms with Gasteiger partial charge in [-0.1, -0.05) is 41.4 Å². The van der Waals surface area contributed by atoms with Crippen LogP contribution in [0.25, 0.3) is 0 Å². The van der Waals surface area contributed by atoms with Crippen LogP contribution in [0.4, 0.5) is 23.2 Å². The highest BCUT2D eigenvalue weighted by Crippen LogP contribution is 2.36. The van der Waals surface area contributed by atoms with Gasteiger partial charge in [0, 0.05) is 22.8 Å². The summed E-state index contributed by atoms with van der Waals surface area (Å²) in [6.07, 6.45) is -4.76. The Labute approximate surface area is 203 Å². The van der Waals surface area contributed by atoms with E-state index in [-0.39, 0.29) is 21.2 Å². The van der Waals surface area contributed by atoms with Crippen LogP contribution in [0.15, 0.2) is 71.6 Å². The summed E-state index contributed by atoms with van der Waals surface area (Å²) in [7, 11) is -4.31. The summed E-state index contributed by atoms with van der Waals surface area (Å²) in [5.74, 6) is -1.63. The minimum atomic E-state index is -4.76. The van der Waals surface area contributed by atoms with Gasteiger partial charge in [-0.15, -0.1) is 0 Å². The number of anilines is 1. The fourth-order valence-electron chi connectivity index (χ4n) is 2.98. The minimum Gasteiger partial charge on any atom is -0.325 e. The van der Waals surface area contributed by atoms with Crippen LogP contribution >= 0.6 is 23.2 Å². The number of sulfonamides is 1. The monoisotopic (exact) mass is 534 g/mol. The van der Waals surface area contributed by atoms with Crippen molar-refractivity contribution in [2.24, 2.45) is 0 Å². The summed E-state index contributed by atoms with van der Waals surface area (Å²) < 4.78 is 80.6. The van der Waals surface area contributed by atoms with Crippen LogP contribution in [0.1, 0.15) is 11.1 Å². The van der Waals surface area contributed by atoms with E-state index in [1.54, 1.807) is 0 Å². The number of rotatable bonds is 7. The summed E-state index contributed by atoms with van der Waals surface area (Å²) in [6.45, 7) is -1.30. The molecule has 0 unspecified atom stereocenters. The molecule has 0 saturated carbocycles. The van der Waals surface area contributed by atoms with E-state index in [4.69, 9.17) is 23.2 Å². The molecule has 3 aromatic rings. The number of carbonyl (C=O) groups excluding carboxylic acids is 1. The third-order valence-electron chi connectivity index (χ3n) is 4.63. The average molecular weight is 535 g/mol. The molecular formula is C22H16Cl2F4N2O3S. The van der Waals surface area contributed by atoms with Crippen molar-refractivity contribution in [3.63, 3.8) is 0 Å². The number of hydrogen-bond donors (Lipinski definition) is 1. The summed E-state index contributed by atoms with van der Waals surface area (Å²) in [4.78, 5) is 12.4. The predicted octanol–water partition coefficient (Wildman–Crippen LogP) is 5.98. The van der Waals surface area contributed by atoms with Gasteiger partial charge in [-0.2, -0.15) is 17.5 Å². The molecule has 0 aliphatic carbocycles. The van der Waals surface area contributed by atoms with Crippen LogP contribution in [0, 0.1) is 5.82 Å². The van der Waals surface area contributed by atoms with Gasteiger partial charge in [0.1, 0.15) is 5.82 Å². The number of alkyl halides is 3. The quantitative estimate of drug-likeness (QED) is 0.379. The van der Waals surface area contributed by atoms with Crippen LogP contribution in [0.3, 0.4) is 0 Å². The SMILES string of the molecule is O=C(CN(Cc1ccccc1F)S(=O)(=O)c1ccc(Cl)cc1)Nc1ccc(Cl)c(C(F)(F)F)c1. The van der Waals surface area contributed by atoms with E-state index in [2.05, 4.69) is 5.32 Å². The Hall–Kier alpha value is -2.66. The van der Waals surface area contributed by atoms with Crippen LogP contribution in [0.2, 0.25) is 10.0 Å². The van der Waals surface area contributed by atoms with Gasteiger partial charge in [-0.05, 0) is 48.5 Å². The van der Waals surface area contributed by atoms with Gasteiger partial charge in [-0.25, -0.2) is 12.8 Å². The lowest BCUT2D eigenvalue weighted by Gasteiger charge is -2.22. The molecule has 0 aliphatic rings. The molecule has 0 saturated heterocycles. The van der Waals surface area contributed by atoms with Gasteiger partial charge in [-0.3, -0.25) is 4.79 Å². The first-order valence-corrected chi connectivity index (χ1v) is 11.7. The second-order valence-corrected chi connectivity index (χ2v) is 9.84. The largest absolute Gasteiger partial charge is 0.417 e. The lowest BCUT2D eigenvalue weighted by molar-refractivity contribution is -0.137. The van der Waals surface area contributed by atoms with E-state index in [1.807, 2.05) is 0 Å². The third-order valence-corrected chi connectivity index (χ3v) is 7.02. The second kappa shape index (κ2) is 10.3. The standard InChI is InChI=1S/C22H16Cl2F4N2O3S/c23-15-5-8-17(9-6-15)34(32,33)30(12-14-3-1-2-4-20(14)25)13-21(31)29-16-7-10-19(24)18(11-16)22(26,27)28/h1-11H,12-13H2,(H,29,31). The first kappa shape index (κ1) is 26.0. The molecule has 0 spiro atoms. The molecule has 0 fully saturated rings. The maximum atomic E-state index is 14.2. The van der Waals surface area contributed by atoms with Gasteiger partial charge in [0.25, 0.3) is 0 Å².